The molecule has 0 fully saturated rings. The van der Waals surface area contributed by atoms with E-state index in [1.54, 1.807) is 52.7 Å². The van der Waals surface area contributed by atoms with Crippen LogP contribution in [0.4, 0.5) is 0 Å². The van der Waals surface area contributed by atoms with Crippen LogP contribution in [0.2, 0.25) is 20.1 Å². The van der Waals surface area contributed by atoms with Crippen LogP contribution in [-0.4, -0.2) is 28.4 Å². The Bertz CT molecular complexity index is 2250. The molecule has 0 spiro atoms. The van der Waals surface area contributed by atoms with Crippen LogP contribution in [0.15, 0.2) is 145 Å². The molecule has 0 atom stereocenters. The second kappa shape index (κ2) is 24.0. The van der Waals surface area contributed by atoms with Gasteiger partial charge in [0.1, 0.15) is 39.9 Å². The van der Waals surface area contributed by atoms with E-state index in [9.17, 15) is 5.11 Å². The zero-order valence-electron chi connectivity index (χ0n) is 32.6. The van der Waals surface area contributed by atoms with Crippen molar-refractivity contribution in [2.24, 2.45) is 0 Å². The van der Waals surface area contributed by atoms with Gasteiger partial charge in [0.05, 0.1) is 36.4 Å². The summed E-state index contributed by atoms with van der Waals surface area (Å²) in [5, 5.41) is 12.7. The second-order valence-corrected chi connectivity index (χ2v) is 13.7. The molecule has 0 aromatic heterocycles. The Labute approximate surface area is 385 Å². The number of hydrogen-bond donors (Lipinski definition) is 0. The van der Waals surface area contributed by atoms with Crippen LogP contribution in [0.1, 0.15) is 29.5 Å². The summed E-state index contributed by atoms with van der Waals surface area (Å²) in [4.78, 5) is 0. The van der Waals surface area contributed by atoms with Crippen molar-refractivity contribution >= 4 is 63.3 Å². The molecule has 59 heavy (non-hydrogen) atoms. The van der Waals surface area contributed by atoms with Gasteiger partial charge in [-0.05, 0) is 115 Å². The van der Waals surface area contributed by atoms with E-state index in [2.05, 4.69) is 30.0 Å². The molecule has 0 aliphatic heterocycles. The molecule has 299 valence electrons. The molecule has 0 N–H and O–H groups in total. The van der Waals surface area contributed by atoms with Crippen molar-refractivity contribution in [2.45, 2.75) is 12.8 Å². The summed E-state index contributed by atoms with van der Waals surface area (Å²) >= 11 is 25.6. The van der Waals surface area contributed by atoms with Crippen LogP contribution in [0, 0.1) is 18.3 Å². The van der Waals surface area contributed by atoms with Gasteiger partial charge in [0, 0.05) is 55.6 Å². The second-order valence-electron chi connectivity index (χ2n) is 12.1. The molecule has 7 rings (SSSR count). The monoisotopic (exact) mass is 940 g/mol. The Kier molecular flexibility index (Phi) is 19.2. The van der Waals surface area contributed by atoms with Gasteiger partial charge in [0.15, 0.2) is 0 Å². The van der Waals surface area contributed by atoms with Gasteiger partial charge in [-0.3, -0.25) is 0 Å². The molecule has 0 bridgehead atoms. The average Bonchev–Trinajstić information content (AvgIpc) is 4.07. The number of ether oxygens (including phenoxy) is 5. The molecule has 3 aliphatic carbocycles. The molecule has 11 heteroatoms. The predicted octanol–water partition coefficient (Wildman–Crippen LogP) is 12.9. The zero-order valence-corrected chi connectivity index (χ0v) is 38.1. The molecule has 3 aliphatic rings. The van der Waals surface area contributed by atoms with Gasteiger partial charge in [0.2, 0.25) is 0 Å². The summed E-state index contributed by atoms with van der Waals surface area (Å²) in [5.41, 5.74) is 7.48. The molecule has 0 amide bonds. The van der Waals surface area contributed by atoms with Crippen LogP contribution in [0.25, 0.3) is 16.9 Å². The van der Waals surface area contributed by atoms with E-state index in [1.165, 1.54) is 0 Å². The Hall–Kier alpha value is -4.42. The number of halogens is 4. The van der Waals surface area contributed by atoms with E-state index in [1.807, 2.05) is 97.1 Å². The molecular formula is C48H38Cl4O6Zr-. The van der Waals surface area contributed by atoms with Crippen molar-refractivity contribution in [3.05, 3.63) is 200 Å². The maximum Gasteiger partial charge on any atom is 0.143 e. The van der Waals surface area contributed by atoms with Crippen molar-refractivity contribution in [1.82, 2.24) is 0 Å². The van der Waals surface area contributed by atoms with Crippen LogP contribution in [0.5, 0.6) is 28.7 Å². The Morgan fingerprint density at radius 3 is 1.44 bits per heavy atom. The van der Waals surface area contributed by atoms with Crippen LogP contribution in [-0.2, 0) is 30.9 Å². The van der Waals surface area contributed by atoms with Crippen molar-refractivity contribution < 1.29 is 55.0 Å². The van der Waals surface area contributed by atoms with Gasteiger partial charge in [-0.25, -0.2) is 0 Å². The maximum absolute atomic E-state index is 13.5. The fourth-order valence-electron chi connectivity index (χ4n) is 5.46. The van der Waals surface area contributed by atoms with E-state index < -0.39 is 5.75 Å². The third-order valence-electron chi connectivity index (χ3n) is 8.50. The van der Waals surface area contributed by atoms with E-state index in [0.29, 0.717) is 45.6 Å². The summed E-state index contributed by atoms with van der Waals surface area (Å²) in [6, 6.07) is 22.0. The third-order valence-corrected chi connectivity index (χ3v) is 10.3. The number of methoxy groups -OCH3 is 4. The van der Waals surface area contributed by atoms with Crippen LogP contribution < -0.4 is 24.1 Å². The van der Waals surface area contributed by atoms with Crippen LogP contribution >= 0.6 is 46.4 Å². The third kappa shape index (κ3) is 12.8. The first-order chi connectivity index (χ1) is 28.2. The summed E-state index contributed by atoms with van der Waals surface area (Å²) in [5.74, 6) is 1.12. The SMILES string of the molecule is CO[C]1C=CC(=C=C(/C(=C(\Oc2c([O-])c(Cl)c(Cl)c(Cl)c2Cl)c2ccc(OC)cc2)c2ccc(OC)cc2)c2ccc(OC)cc2)C=C1.[C]1=CC=CC1.[C]1=CC=CC1.[Zr]. The minimum atomic E-state index is -0.731. The van der Waals surface area contributed by atoms with E-state index >= 15 is 0 Å². The molecule has 4 aromatic carbocycles. The summed E-state index contributed by atoms with van der Waals surface area (Å²) in [7, 11) is 6.36. The molecule has 0 saturated heterocycles. The summed E-state index contributed by atoms with van der Waals surface area (Å²) in [6.07, 6.45) is 28.1. The Morgan fingerprint density at radius 1 is 0.576 bits per heavy atom. The predicted molar refractivity (Wildman–Crippen MR) is 234 cm³/mol. The first-order valence-electron chi connectivity index (χ1n) is 17.8. The molecule has 4 aromatic rings. The minimum absolute atomic E-state index is 0. The largest absolute Gasteiger partial charge is 0.869 e. The van der Waals surface area contributed by atoms with Gasteiger partial charge >= 0.3 is 0 Å². The molecule has 0 saturated carbocycles. The van der Waals surface area contributed by atoms with E-state index in [4.69, 9.17) is 70.1 Å². The molecular weight excluding hydrogens is 906 g/mol. The Balaban J connectivity index is 0.000000609. The molecule has 3 radical (unpaired) electrons. The van der Waals surface area contributed by atoms with Crippen molar-refractivity contribution in [3.8, 4) is 28.7 Å². The molecule has 6 nitrogen and oxygen atoms in total. The number of rotatable bonds is 10. The summed E-state index contributed by atoms with van der Waals surface area (Å²) < 4.78 is 28.3. The minimum Gasteiger partial charge on any atom is -0.869 e. The topological polar surface area (TPSA) is 69.2 Å². The van der Waals surface area contributed by atoms with E-state index in [0.717, 1.165) is 24.0 Å². The fourth-order valence-corrected chi connectivity index (χ4v) is 6.32. The summed E-state index contributed by atoms with van der Waals surface area (Å²) in [6.45, 7) is 0. The smallest absolute Gasteiger partial charge is 0.143 e. The standard InChI is InChI=1S/C38H29Cl4O6.2C5H5.Zr/c1-44-26-13-5-22(6-14-26)21-30(23-7-15-27(45-2)16-8-23)31(24-9-17-28(46-3)18-10-24)37(25-11-19-29(47-4)20-12-25)48-38-35(42)33(40)32(39)34(41)36(38)43;2*1-2-4-5-3-1;/h5-20,43H,1-4H3;2*1-3H,4H2;/p-1/b37-31-;;;. The van der Waals surface area contributed by atoms with Gasteiger partial charge in [-0.2, -0.15) is 0 Å². The number of allylic oxidation sites excluding steroid dienone is 12. The van der Waals surface area contributed by atoms with Crippen molar-refractivity contribution in [2.75, 3.05) is 28.4 Å². The van der Waals surface area contributed by atoms with Crippen molar-refractivity contribution in [1.29, 1.82) is 0 Å². The fraction of sp³-hybridized carbons (Fsp3) is 0.125. The number of benzene rings is 4. The first kappa shape index (κ1) is 47.3. The van der Waals surface area contributed by atoms with Gasteiger partial charge in [-0.15, -0.1) is 5.73 Å². The maximum atomic E-state index is 13.5. The van der Waals surface area contributed by atoms with Crippen LogP contribution in [0.3, 0.4) is 0 Å². The zero-order chi connectivity index (χ0) is 41.4. The van der Waals surface area contributed by atoms with Gasteiger partial charge in [-0.1, -0.05) is 107 Å². The normalized spacial score (nSPS) is 13.7. The molecule has 0 heterocycles. The van der Waals surface area contributed by atoms with Crippen molar-refractivity contribution in [3.63, 3.8) is 0 Å². The molecule has 0 unspecified atom stereocenters. The van der Waals surface area contributed by atoms with Gasteiger partial charge < -0.3 is 28.8 Å². The average molecular weight is 944 g/mol. The first-order valence-corrected chi connectivity index (χ1v) is 19.3. The van der Waals surface area contributed by atoms with Gasteiger partial charge in [0.25, 0.3) is 0 Å². The number of hydrogen-bond acceptors (Lipinski definition) is 6. The van der Waals surface area contributed by atoms with E-state index in [-0.39, 0.29) is 57.8 Å². The quantitative estimate of drug-likeness (QED) is 0.0394. The Morgan fingerprint density at radius 2 is 1.03 bits per heavy atom.